The molecule has 0 aliphatic carbocycles. The van der Waals surface area contributed by atoms with Gasteiger partial charge in [-0.05, 0) is 34.1 Å². The summed E-state index contributed by atoms with van der Waals surface area (Å²) < 4.78 is 3.01. The lowest BCUT2D eigenvalue weighted by Crippen LogP contribution is -2.30. The molecule has 0 saturated carbocycles. The molecule has 2 rings (SSSR count). The maximum Gasteiger partial charge on any atom is 0.489 e. The topological polar surface area (TPSA) is 40.5 Å². The minimum Gasteiger partial charge on any atom is -0.423 e. The summed E-state index contributed by atoms with van der Waals surface area (Å²) in [6.45, 7) is 0. The molecular weight excluding hydrogens is 378 g/mol. The number of benzene rings is 1. The van der Waals surface area contributed by atoms with Crippen LogP contribution in [-0.2, 0) is 0 Å². The van der Waals surface area contributed by atoms with Gasteiger partial charge < -0.3 is 10.0 Å². The predicted molar refractivity (Wildman–Crippen MR) is 72.1 cm³/mol. The number of thiophene rings is 1. The Hall–Kier alpha value is 0.375. The average Bonchev–Trinajstić information content (AvgIpc) is 2.46. The summed E-state index contributed by atoms with van der Waals surface area (Å²) in [6.07, 6.45) is 0. The maximum atomic E-state index is 9.12. The number of hydrogen-bond acceptors (Lipinski definition) is 3. The zero-order valence-corrected chi connectivity index (χ0v) is 11.4. The van der Waals surface area contributed by atoms with Crippen LogP contribution in [0.1, 0.15) is 0 Å². The second-order valence-corrected chi connectivity index (χ2v) is 5.75. The molecule has 2 aromatic rings. The van der Waals surface area contributed by atoms with Crippen LogP contribution in [-0.4, -0.2) is 17.2 Å². The SMILES string of the molecule is OB(O)c1cc2c(I)csc2cc1Br. The highest BCUT2D eigenvalue weighted by Gasteiger charge is 2.16. The molecule has 2 N–H and O–H groups in total. The number of halogens is 2. The minimum absolute atomic E-state index is 0.508. The molecule has 0 spiro atoms. The third kappa shape index (κ3) is 1.86. The van der Waals surface area contributed by atoms with Gasteiger partial charge in [0.05, 0.1) is 0 Å². The Morgan fingerprint density at radius 2 is 2.07 bits per heavy atom. The molecule has 0 atom stereocenters. The summed E-state index contributed by atoms with van der Waals surface area (Å²) in [5, 5.41) is 21.4. The van der Waals surface area contributed by atoms with Crippen molar-refractivity contribution in [3.05, 3.63) is 25.6 Å². The Bertz CT molecular complexity index is 485. The largest absolute Gasteiger partial charge is 0.489 e. The van der Waals surface area contributed by atoms with Crippen molar-refractivity contribution >= 4 is 72.5 Å². The monoisotopic (exact) mass is 382 g/mol. The van der Waals surface area contributed by atoms with Crippen molar-refractivity contribution in [2.24, 2.45) is 0 Å². The maximum absolute atomic E-state index is 9.12. The lowest BCUT2D eigenvalue weighted by atomic mass is 9.80. The first-order chi connectivity index (χ1) is 6.59. The van der Waals surface area contributed by atoms with Gasteiger partial charge in [0.1, 0.15) is 0 Å². The second kappa shape index (κ2) is 4.09. The summed E-state index contributed by atoms with van der Waals surface area (Å²) in [5.41, 5.74) is 0.508. The summed E-state index contributed by atoms with van der Waals surface area (Å²) in [6, 6.07) is 3.72. The lowest BCUT2D eigenvalue weighted by Gasteiger charge is -2.03. The zero-order chi connectivity index (χ0) is 10.3. The Morgan fingerprint density at radius 1 is 1.36 bits per heavy atom. The first-order valence-electron chi connectivity index (χ1n) is 3.82. The Labute approximate surface area is 107 Å². The van der Waals surface area contributed by atoms with E-state index in [1.165, 1.54) is 0 Å². The van der Waals surface area contributed by atoms with E-state index in [2.05, 4.69) is 38.5 Å². The summed E-state index contributed by atoms with van der Waals surface area (Å²) >= 11 is 7.20. The van der Waals surface area contributed by atoms with Gasteiger partial charge in [-0.3, -0.25) is 0 Å². The molecule has 0 saturated heterocycles. The van der Waals surface area contributed by atoms with Crippen LogP contribution in [0.4, 0.5) is 0 Å². The van der Waals surface area contributed by atoms with Gasteiger partial charge >= 0.3 is 7.12 Å². The van der Waals surface area contributed by atoms with Gasteiger partial charge in [0.2, 0.25) is 0 Å². The van der Waals surface area contributed by atoms with Crippen molar-refractivity contribution in [1.82, 2.24) is 0 Å². The molecule has 0 unspecified atom stereocenters. The van der Waals surface area contributed by atoms with Crippen molar-refractivity contribution in [1.29, 1.82) is 0 Å². The summed E-state index contributed by atoms with van der Waals surface area (Å²) in [5.74, 6) is 0. The minimum atomic E-state index is -1.43. The molecule has 2 nitrogen and oxygen atoms in total. The summed E-state index contributed by atoms with van der Waals surface area (Å²) in [4.78, 5) is 0. The number of rotatable bonds is 1. The lowest BCUT2D eigenvalue weighted by molar-refractivity contribution is 0.425. The van der Waals surface area contributed by atoms with E-state index in [-0.39, 0.29) is 0 Å². The first-order valence-corrected chi connectivity index (χ1v) is 6.57. The van der Waals surface area contributed by atoms with Crippen LogP contribution in [0.2, 0.25) is 0 Å². The molecule has 72 valence electrons. The van der Waals surface area contributed by atoms with Crippen LogP contribution >= 0.6 is 49.9 Å². The van der Waals surface area contributed by atoms with Gasteiger partial charge in [-0.25, -0.2) is 0 Å². The van der Waals surface area contributed by atoms with Crippen molar-refractivity contribution < 1.29 is 10.0 Å². The van der Waals surface area contributed by atoms with Crippen molar-refractivity contribution in [2.45, 2.75) is 0 Å². The Kier molecular flexibility index (Phi) is 3.18. The van der Waals surface area contributed by atoms with E-state index < -0.39 is 7.12 Å². The number of hydrogen-bond donors (Lipinski definition) is 2. The van der Waals surface area contributed by atoms with Crippen LogP contribution in [0.5, 0.6) is 0 Å². The van der Waals surface area contributed by atoms with Crippen molar-refractivity contribution in [3.63, 3.8) is 0 Å². The van der Waals surface area contributed by atoms with Crippen molar-refractivity contribution in [2.75, 3.05) is 0 Å². The molecule has 1 heterocycles. The van der Waals surface area contributed by atoms with E-state index in [4.69, 9.17) is 10.0 Å². The normalized spacial score (nSPS) is 10.9. The van der Waals surface area contributed by atoms with Gasteiger partial charge in [-0.2, -0.15) is 0 Å². The standard InChI is InChI=1S/C8H5BBrIO2S/c10-6-2-8-4(7(11)3-14-8)1-5(6)9(12)13/h1-3,12-13H. The zero-order valence-electron chi connectivity index (χ0n) is 6.87. The van der Waals surface area contributed by atoms with Gasteiger partial charge in [-0.15, -0.1) is 11.3 Å². The third-order valence-corrected chi connectivity index (χ3v) is 4.87. The van der Waals surface area contributed by atoms with E-state index in [1.807, 2.05) is 17.5 Å². The second-order valence-electron chi connectivity index (χ2n) is 2.83. The van der Waals surface area contributed by atoms with Crippen LogP contribution in [0.15, 0.2) is 22.0 Å². The van der Waals surface area contributed by atoms with Gasteiger partial charge in [0, 0.05) is 23.5 Å². The van der Waals surface area contributed by atoms with Gasteiger partial charge in [0.25, 0.3) is 0 Å². The fourth-order valence-electron chi connectivity index (χ4n) is 1.23. The highest BCUT2D eigenvalue weighted by atomic mass is 127. The molecule has 0 aliphatic heterocycles. The summed E-state index contributed by atoms with van der Waals surface area (Å²) in [7, 11) is -1.43. The first kappa shape index (κ1) is 10.9. The van der Waals surface area contributed by atoms with Crippen LogP contribution in [0.3, 0.4) is 0 Å². The molecule has 6 heteroatoms. The average molecular weight is 383 g/mol. The number of fused-ring (bicyclic) bond motifs is 1. The quantitative estimate of drug-likeness (QED) is 0.584. The van der Waals surface area contributed by atoms with E-state index in [1.54, 1.807) is 11.3 Å². The molecule has 1 aromatic heterocycles. The Morgan fingerprint density at radius 3 is 2.71 bits per heavy atom. The van der Waals surface area contributed by atoms with Crippen molar-refractivity contribution in [3.8, 4) is 0 Å². The van der Waals surface area contributed by atoms with Crippen LogP contribution < -0.4 is 5.46 Å². The van der Waals surface area contributed by atoms with Crippen LogP contribution in [0, 0.1) is 3.57 Å². The van der Waals surface area contributed by atoms with Gasteiger partial charge in [-0.1, -0.05) is 22.0 Å². The highest BCUT2D eigenvalue weighted by Crippen LogP contribution is 2.28. The van der Waals surface area contributed by atoms with E-state index >= 15 is 0 Å². The fourth-order valence-corrected chi connectivity index (χ4v) is 3.78. The molecule has 1 aromatic carbocycles. The third-order valence-electron chi connectivity index (χ3n) is 1.92. The van der Waals surface area contributed by atoms with E-state index in [9.17, 15) is 0 Å². The fraction of sp³-hybridized carbons (Fsp3) is 0. The molecule has 0 aliphatic rings. The molecule has 0 radical (unpaired) electrons. The predicted octanol–water partition coefficient (Wildman–Crippen LogP) is 1.95. The molecular formula is C8H5BBrIO2S. The Balaban J connectivity index is 2.74. The van der Waals surface area contributed by atoms with Gasteiger partial charge in [0.15, 0.2) is 0 Å². The molecule has 0 bridgehead atoms. The van der Waals surface area contributed by atoms with E-state index in [0.717, 1.165) is 18.1 Å². The van der Waals surface area contributed by atoms with E-state index in [0.29, 0.717) is 5.46 Å². The molecule has 0 amide bonds. The molecule has 0 fully saturated rings. The molecule has 14 heavy (non-hydrogen) atoms. The van der Waals surface area contributed by atoms with Crippen LogP contribution in [0.25, 0.3) is 10.1 Å². The smallest absolute Gasteiger partial charge is 0.423 e. The highest BCUT2D eigenvalue weighted by molar-refractivity contribution is 14.1.